The van der Waals surface area contributed by atoms with Crippen LogP contribution in [0.4, 0.5) is 0 Å². The summed E-state index contributed by atoms with van der Waals surface area (Å²) in [5.41, 5.74) is 2.48. The first-order valence-corrected chi connectivity index (χ1v) is 6.58. The lowest BCUT2D eigenvalue weighted by Crippen LogP contribution is -2.15. The van der Waals surface area contributed by atoms with Gasteiger partial charge in [-0.15, -0.1) is 0 Å². The van der Waals surface area contributed by atoms with Crippen molar-refractivity contribution >= 4 is 5.97 Å². The molecule has 100 valence electrons. The third-order valence-corrected chi connectivity index (χ3v) is 3.24. The van der Waals surface area contributed by atoms with Crippen LogP contribution in [-0.2, 0) is 14.9 Å². The Balaban J connectivity index is 2.97. The van der Waals surface area contributed by atoms with Gasteiger partial charge < -0.3 is 4.74 Å². The molecule has 0 N–H and O–H groups in total. The highest BCUT2D eigenvalue weighted by molar-refractivity contribution is 5.78. The molecule has 2 heteroatoms. The van der Waals surface area contributed by atoms with Crippen LogP contribution in [0.1, 0.15) is 57.6 Å². The topological polar surface area (TPSA) is 26.3 Å². The van der Waals surface area contributed by atoms with Crippen molar-refractivity contribution in [3.8, 4) is 0 Å². The third-order valence-electron chi connectivity index (χ3n) is 3.24. The van der Waals surface area contributed by atoms with E-state index in [4.69, 9.17) is 4.74 Å². The van der Waals surface area contributed by atoms with Crippen molar-refractivity contribution in [3.05, 3.63) is 35.4 Å². The maximum absolute atomic E-state index is 11.8. The van der Waals surface area contributed by atoms with Crippen LogP contribution < -0.4 is 0 Å². The van der Waals surface area contributed by atoms with Crippen LogP contribution in [0.3, 0.4) is 0 Å². The number of carbonyl (C=O) groups is 1. The summed E-state index contributed by atoms with van der Waals surface area (Å²) in [6.45, 7) is 8.64. The van der Waals surface area contributed by atoms with Crippen molar-refractivity contribution in [2.24, 2.45) is 0 Å². The fraction of sp³-hybridized carbons (Fsp3) is 0.562. The van der Waals surface area contributed by atoms with Crippen molar-refractivity contribution in [2.75, 3.05) is 7.11 Å². The van der Waals surface area contributed by atoms with Crippen molar-refractivity contribution in [1.29, 1.82) is 0 Å². The number of ether oxygens (including phenoxy) is 1. The summed E-state index contributed by atoms with van der Waals surface area (Å²) in [7, 11) is 1.45. The number of benzene rings is 1. The lowest BCUT2D eigenvalue weighted by Gasteiger charge is -2.20. The lowest BCUT2D eigenvalue weighted by molar-refractivity contribution is -0.142. The number of methoxy groups -OCH3 is 1. The first kappa shape index (κ1) is 14.7. The summed E-state index contributed by atoms with van der Waals surface area (Å²) in [5, 5.41) is 0. The van der Waals surface area contributed by atoms with Gasteiger partial charge >= 0.3 is 5.97 Å². The highest BCUT2D eigenvalue weighted by Crippen LogP contribution is 2.27. The summed E-state index contributed by atoms with van der Waals surface area (Å²) in [6.07, 6.45) is 1.81. The zero-order valence-electron chi connectivity index (χ0n) is 12.1. The van der Waals surface area contributed by atoms with Crippen LogP contribution in [0.2, 0.25) is 0 Å². The summed E-state index contributed by atoms with van der Waals surface area (Å²) < 4.78 is 4.88. The Kier molecular flexibility index (Phi) is 4.94. The van der Waals surface area contributed by atoms with Gasteiger partial charge in [0.15, 0.2) is 0 Å². The van der Waals surface area contributed by atoms with Gasteiger partial charge in [-0.25, -0.2) is 0 Å². The minimum absolute atomic E-state index is 0.131. The molecule has 0 heterocycles. The van der Waals surface area contributed by atoms with E-state index in [1.807, 2.05) is 0 Å². The van der Waals surface area contributed by atoms with E-state index < -0.39 is 0 Å². The predicted molar refractivity (Wildman–Crippen MR) is 74.8 cm³/mol. The van der Waals surface area contributed by atoms with Crippen LogP contribution in [0.5, 0.6) is 0 Å². The smallest absolute Gasteiger partial charge is 0.313 e. The number of hydrogen-bond donors (Lipinski definition) is 0. The molecule has 0 saturated carbocycles. The van der Waals surface area contributed by atoms with Gasteiger partial charge in [0.2, 0.25) is 0 Å². The fourth-order valence-corrected chi connectivity index (χ4v) is 2.07. The molecular weight excluding hydrogens is 224 g/mol. The van der Waals surface area contributed by atoms with Gasteiger partial charge in [-0.2, -0.15) is 0 Å². The van der Waals surface area contributed by atoms with Crippen LogP contribution >= 0.6 is 0 Å². The molecule has 18 heavy (non-hydrogen) atoms. The molecular formula is C16H24O2. The molecule has 0 amide bonds. The standard InChI is InChI=1S/C16H24O2/c1-6-7-14(15(17)18-5)12-8-10-13(11-9-12)16(2,3)4/h8-11,14H,6-7H2,1-5H3/t14-/m1/s1. The highest BCUT2D eigenvalue weighted by Gasteiger charge is 2.21. The van der Waals surface area contributed by atoms with E-state index in [1.54, 1.807) is 0 Å². The molecule has 0 unspecified atom stereocenters. The van der Waals surface area contributed by atoms with Gasteiger partial charge in [0, 0.05) is 0 Å². The monoisotopic (exact) mass is 248 g/mol. The summed E-state index contributed by atoms with van der Waals surface area (Å²) >= 11 is 0. The number of esters is 1. The molecule has 1 atom stereocenters. The molecule has 0 spiro atoms. The Labute approximate surface area is 110 Å². The first-order valence-electron chi connectivity index (χ1n) is 6.58. The minimum atomic E-state index is -0.139. The molecule has 0 saturated heterocycles. The summed E-state index contributed by atoms with van der Waals surface area (Å²) in [6, 6.07) is 8.33. The molecule has 0 fully saturated rings. The normalized spacial score (nSPS) is 13.2. The molecule has 0 aliphatic rings. The van der Waals surface area contributed by atoms with Crippen molar-refractivity contribution in [2.45, 2.75) is 51.9 Å². The van der Waals surface area contributed by atoms with E-state index in [2.05, 4.69) is 52.0 Å². The van der Waals surface area contributed by atoms with Gasteiger partial charge in [0.05, 0.1) is 13.0 Å². The Bertz CT molecular complexity index is 385. The Morgan fingerprint density at radius 3 is 2.17 bits per heavy atom. The fourth-order valence-electron chi connectivity index (χ4n) is 2.07. The SMILES string of the molecule is CCC[C@@H](C(=O)OC)c1ccc(C(C)(C)C)cc1. The van der Waals surface area contributed by atoms with Gasteiger partial charge in [-0.3, -0.25) is 4.79 Å². The Morgan fingerprint density at radius 1 is 1.22 bits per heavy atom. The number of hydrogen-bond acceptors (Lipinski definition) is 2. The molecule has 0 aliphatic heterocycles. The van der Waals surface area contributed by atoms with Crippen LogP contribution in [0.25, 0.3) is 0 Å². The zero-order valence-corrected chi connectivity index (χ0v) is 12.1. The molecule has 1 aromatic rings. The average molecular weight is 248 g/mol. The molecule has 0 radical (unpaired) electrons. The number of carbonyl (C=O) groups excluding carboxylic acids is 1. The summed E-state index contributed by atoms with van der Waals surface area (Å²) in [5.74, 6) is -0.269. The van der Waals surface area contributed by atoms with Gasteiger partial charge in [-0.1, -0.05) is 58.4 Å². The second-order valence-corrected chi connectivity index (χ2v) is 5.74. The van der Waals surface area contributed by atoms with Gasteiger partial charge in [0.25, 0.3) is 0 Å². The minimum Gasteiger partial charge on any atom is -0.469 e. The van der Waals surface area contributed by atoms with Crippen molar-refractivity contribution < 1.29 is 9.53 Å². The molecule has 1 aromatic carbocycles. The Hall–Kier alpha value is -1.31. The highest BCUT2D eigenvalue weighted by atomic mass is 16.5. The molecule has 0 aliphatic carbocycles. The zero-order chi connectivity index (χ0) is 13.8. The Morgan fingerprint density at radius 2 is 1.78 bits per heavy atom. The second-order valence-electron chi connectivity index (χ2n) is 5.74. The maximum atomic E-state index is 11.8. The van der Waals surface area contributed by atoms with Gasteiger partial charge in [0.1, 0.15) is 0 Å². The van der Waals surface area contributed by atoms with Crippen LogP contribution in [0, 0.1) is 0 Å². The second kappa shape index (κ2) is 6.03. The van der Waals surface area contributed by atoms with E-state index in [0.29, 0.717) is 0 Å². The van der Waals surface area contributed by atoms with Crippen LogP contribution in [-0.4, -0.2) is 13.1 Å². The average Bonchev–Trinajstić information content (AvgIpc) is 2.34. The number of rotatable bonds is 4. The van der Waals surface area contributed by atoms with E-state index >= 15 is 0 Å². The lowest BCUT2D eigenvalue weighted by atomic mass is 9.85. The van der Waals surface area contributed by atoms with E-state index in [9.17, 15) is 4.79 Å². The molecule has 0 aromatic heterocycles. The maximum Gasteiger partial charge on any atom is 0.313 e. The van der Waals surface area contributed by atoms with E-state index in [-0.39, 0.29) is 17.3 Å². The quantitative estimate of drug-likeness (QED) is 0.752. The molecule has 1 rings (SSSR count). The van der Waals surface area contributed by atoms with Crippen molar-refractivity contribution in [3.63, 3.8) is 0 Å². The third kappa shape index (κ3) is 3.59. The summed E-state index contributed by atoms with van der Waals surface area (Å²) in [4.78, 5) is 11.8. The molecule has 2 nitrogen and oxygen atoms in total. The largest absolute Gasteiger partial charge is 0.469 e. The first-order chi connectivity index (χ1) is 8.40. The van der Waals surface area contributed by atoms with Crippen molar-refractivity contribution in [1.82, 2.24) is 0 Å². The van der Waals surface area contributed by atoms with E-state index in [0.717, 1.165) is 18.4 Å². The molecule has 0 bridgehead atoms. The van der Waals surface area contributed by atoms with Gasteiger partial charge in [-0.05, 0) is 23.0 Å². The van der Waals surface area contributed by atoms with E-state index in [1.165, 1.54) is 12.7 Å². The van der Waals surface area contributed by atoms with Crippen LogP contribution in [0.15, 0.2) is 24.3 Å². The predicted octanol–water partition coefficient (Wildman–Crippen LogP) is 4.04.